The Morgan fingerprint density at radius 1 is 1.12 bits per heavy atom. The van der Waals surface area contributed by atoms with Crippen LogP contribution >= 0.6 is 23.2 Å². The van der Waals surface area contributed by atoms with E-state index in [9.17, 15) is 21.6 Å². The molecule has 134 valence electrons. The van der Waals surface area contributed by atoms with Crippen LogP contribution in [0.3, 0.4) is 0 Å². The van der Waals surface area contributed by atoms with E-state index >= 15 is 0 Å². The largest absolute Gasteiger partial charge is 0.274 e. The normalized spacial score (nSPS) is 17.6. The van der Waals surface area contributed by atoms with Crippen molar-refractivity contribution in [1.82, 2.24) is 9.03 Å². The molecule has 1 heterocycles. The summed E-state index contributed by atoms with van der Waals surface area (Å²) in [6, 6.07) is 4.42. The maximum atomic E-state index is 12.7. The Bertz CT molecular complexity index is 827. The maximum Gasteiger partial charge on any atom is 0.246 e. The number of carbonyl (C=O) groups excluding carboxylic acids is 1. The average Bonchev–Trinajstić information content (AvgIpc) is 2.45. The summed E-state index contributed by atoms with van der Waals surface area (Å²) < 4.78 is 50.7. The molecule has 7 nitrogen and oxygen atoms in total. The van der Waals surface area contributed by atoms with Crippen molar-refractivity contribution in [2.24, 2.45) is 5.92 Å². The first kappa shape index (κ1) is 19.5. The second kappa shape index (κ2) is 7.17. The first-order valence-electron chi connectivity index (χ1n) is 6.98. The Kier molecular flexibility index (Phi) is 5.81. The van der Waals surface area contributed by atoms with Crippen LogP contribution in [0, 0.1) is 5.92 Å². The zero-order valence-electron chi connectivity index (χ0n) is 12.7. The van der Waals surface area contributed by atoms with E-state index in [4.69, 9.17) is 23.2 Å². The van der Waals surface area contributed by atoms with E-state index in [1.807, 2.05) is 4.72 Å². The van der Waals surface area contributed by atoms with Crippen molar-refractivity contribution in [3.63, 3.8) is 0 Å². The van der Waals surface area contributed by atoms with Crippen LogP contribution in [0.15, 0.2) is 23.1 Å². The molecule has 11 heteroatoms. The predicted molar refractivity (Wildman–Crippen MR) is 90.9 cm³/mol. The lowest BCUT2D eigenvalue weighted by Crippen LogP contribution is -2.44. The smallest absolute Gasteiger partial charge is 0.246 e. The molecule has 0 aliphatic carbocycles. The van der Waals surface area contributed by atoms with Gasteiger partial charge < -0.3 is 0 Å². The number of nitrogens with one attached hydrogen (secondary N) is 1. The molecule has 1 amide bonds. The fraction of sp³-hybridized carbons (Fsp3) is 0.462. The van der Waals surface area contributed by atoms with Crippen molar-refractivity contribution < 1.29 is 21.6 Å². The van der Waals surface area contributed by atoms with E-state index in [2.05, 4.69) is 0 Å². The minimum absolute atomic E-state index is 0.0273. The fourth-order valence-electron chi connectivity index (χ4n) is 2.48. The lowest BCUT2D eigenvalue weighted by atomic mass is 9.98. The van der Waals surface area contributed by atoms with Gasteiger partial charge in [0.05, 0.1) is 16.3 Å². The monoisotopic (exact) mass is 414 g/mol. The van der Waals surface area contributed by atoms with Gasteiger partial charge in [-0.05, 0) is 25.0 Å². The van der Waals surface area contributed by atoms with Gasteiger partial charge in [0.1, 0.15) is 4.90 Å². The van der Waals surface area contributed by atoms with Crippen molar-refractivity contribution >= 4 is 49.2 Å². The maximum absolute atomic E-state index is 12.7. The Labute approximate surface area is 151 Å². The molecule has 1 aliphatic rings. The lowest BCUT2D eigenvalue weighted by Gasteiger charge is -2.30. The molecule has 1 saturated heterocycles. The standard InChI is InChI=1S/C13H16Cl2N2O5S2/c1-23(19,20)16-13(18)9-5-7-17(8-6-9)24(21,22)12-10(14)3-2-4-11(12)15/h2-4,9H,5-8H2,1H3,(H,16,18). The van der Waals surface area contributed by atoms with Crippen LogP contribution in [0.4, 0.5) is 0 Å². The van der Waals surface area contributed by atoms with E-state index in [1.54, 1.807) is 6.07 Å². The molecule has 0 unspecified atom stereocenters. The first-order chi connectivity index (χ1) is 11.0. The van der Waals surface area contributed by atoms with Crippen LogP contribution in [-0.2, 0) is 24.8 Å². The fourth-order valence-corrected chi connectivity index (χ4v) is 5.58. The molecule has 0 saturated carbocycles. The number of hydrogen-bond acceptors (Lipinski definition) is 5. The van der Waals surface area contributed by atoms with Crippen molar-refractivity contribution in [3.05, 3.63) is 28.2 Å². The molecule has 0 spiro atoms. The summed E-state index contributed by atoms with van der Waals surface area (Å²) in [6.45, 7) is 0.150. The van der Waals surface area contributed by atoms with E-state index in [0.29, 0.717) is 0 Å². The lowest BCUT2D eigenvalue weighted by molar-refractivity contribution is -0.124. The van der Waals surface area contributed by atoms with Crippen LogP contribution in [0.1, 0.15) is 12.8 Å². The van der Waals surface area contributed by atoms with E-state index in [1.165, 1.54) is 16.4 Å². The molecule has 0 aromatic heterocycles. The van der Waals surface area contributed by atoms with Gasteiger partial charge in [0.15, 0.2) is 0 Å². The van der Waals surface area contributed by atoms with Crippen LogP contribution in [0.25, 0.3) is 0 Å². The highest BCUT2D eigenvalue weighted by Crippen LogP contribution is 2.33. The van der Waals surface area contributed by atoms with Crippen LogP contribution in [-0.4, -0.2) is 46.4 Å². The highest BCUT2D eigenvalue weighted by Gasteiger charge is 2.34. The van der Waals surface area contributed by atoms with Gasteiger partial charge in [-0.3, -0.25) is 9.52 Å². The number of nitrogens with zero attached hydrogens (tertiary/aromatic N) is 1. The van der Waals surface area contributed by atoms with Crippen molar-refractivity contribution in [1.29, 1.82) is 0 Å². The number of amides is 1. The van der Waals surface area contributed by atoms with E-state index in [0.717, 1.165) is 6.26 Å². The van der Waals surface area contributed by atoms with E-state index in [-0.39, 0.29) is 40.9 Å². The second-order valence-electron chi connectivity index (χ2n) is 5.47. The Hall–Kier alpha value is -0.870. The van der Waals surface area contributed by atoms with Gasteiger partial charge >= 0.3 is 0 Å². The third-order valence-corrected chi connectivity index (χ3v) is 7.05. The quantitative estimate of drug-likeness (QED) is 0.803. The van der Waals surface area contributed by atoms with Gasteiger partial charge in [-0.25, -0.2) is 16.8 Å². The van der Waals surface area contributed by atoms with Gasteiger partial charge in [-0.1, -0.05) is 29.3 Å². The highest BCUT2D eigenvalue weighted by molar-refractivity contribution is 7.89. The number of hydrogen-bond donors (Lipinski definition) is 1. The number of piperidine rings is 1. The minimum Gasteiger partial charge on any atom is -0.274 e. The summed E-state index contributed by atoms with van der Waals surface area (Å²) in [6.07, 6.45) is 1.31. The third-order valence-electron chi connectivity index (χ3n) is 3.63. The van der Waals surface area contributed by atoms with Gasteiger partial charge in [0.2, 0.25) is 26.0 Å². The molecule has 1 aromatic rings. The molecule has 0 radical (unpaired) electrons. The Morgan fingerprint density at radius 2 is 1.62 bits per heavy atom. The molecule has 0 bridgehead atoms. The summed E-state index contributed by atoms with van der Waals surface area (Å²) in [4.78, 5) is 11.7. The minimum atomic E-state index is -3.89. The van der Waals surface area contributed by atoms with Gasteiger partial charge in [0.25, 0.3) is 0 Å². The van der Waals surface area contributed by atoms with Crippen molar-refractivity contribution in [2.75, 3.05) is 19.3 Å². The molecular formula is C13H16Cl2N2O5S2. The first-order valence-corrected chi connectivity index (χ1v) is 11.1. The van der Waals surface area contributed by atoms with Crippen molar-refractivity contribution in [2.45, 2.75) is 17.7 Å². The molecular weight excluding hydrogens is 399 g/mol. The highest BCUT2D eigenvalue weighted by atomic mass is 35.5. The number of halogens is 2. The predicted octanol–water partition coefficient (Wildman–Crippen LogP) is 1.47. The van der Waals surface area contributed by atoms with Gasteiger partial charge in [-0.2, -0.15) is 4.31 Å². The third kappa shape index (κ3) is 4.40. The number of rotatable bonds is 4. The van der Waals surface area contributed by atoms with Crippen LogP contribution in [0.2, 0.25) is 10.0 Å². The van der Waals surface area contributed by atoms with Crippen LogP contribution < -0.4 is 4.72 Å². The second-order valence-corrected chi connectivity index (χ2v) is 9.91. The molecule has 24 heavy (non-hydrogen) atoms. The zero-order valence-corrected chi connectivity index (χ0v) is 15.8. The molecule has 1 aliphatic heterocycles. The summed E-state index contributed by atoms with van der Waals surface area (Å²) in [7, 11) is -7.52. The van der Waals surface area contributed by atoms with Gasteiger partial charge in [0, 0.05) is 19.0 Å². The summed E-state index contributed by atoms with van der Waals surface area (Å²) >= 11 is 11.9. The summed E-state index contributed by atoms with van der Waals surface area (Å²) in [5, 5.41) is 0.0545. The van der Waals surface area contributed by atoms with Gasteiger partial charge in [-0.15, -0.1) is 0 Å². The number of carbonyl (C=O) groups is 1. The van der Waals surface area contributed by atoms with Crippen molar-refractivity contribution in [3.8, 4) is 0 Å². The molecule has 1 fully saturated rings. The van der Waals surface area contributed by atoms with Crippen LogP contribution in [0.5, 0.6) is 0 Å². The molecule has 1 N–H and O–H groups in total. The number of benzene rings is 1. The molecule has 1 aromatic carbocycles. The molecule has 0 atom stereocenters. The van der Waals surface area contributed by atoms with E-state index < -0.39 is 31.9 Å². The zero-order chi connectivity index (χ0) is 18.1. The topological polar surface area (TPSA) is 101 Å². The summed E-state index contributed by atoms with van der Waals surface area (Å²) in [5.74, 6) is -1.18. The summed E-state index contributed by atoms with van der Waals surface area (Å²) in [5.41, 5.74) is 0. The Morgan fingerprint density at radius 3 is 2.08 bits per heavy atom. The number of sulfonamides is 2. The Balaban J connectivity index is 2.13. The average molecular weight is 415 g/mol. The molecule has 2 rings (SSSR count). The SMILES string of the molecule is CS(=O)(=O)NC(=O)C1CCN(S(=O)(=O)c2c(Cl)cccc2Cl)CC1.